The van der Waals surface area contributed by atoms with Crippen LogP contribution in [0, 0.1) is 5.41 Å². The zero-order valence-corrected chi connectivity index (χ0v) is 11.1. The molecule has 17 heavy (non-hydrogen) atoms. The van der Waals surface area contributed by atoms with E-state index >= 15 is 0 Å². The molecular weight excluding hydrogens is 232 g/mol. The minimum atomic E-state index is 0.111. The van der Waals surface area contributed by atoms with Crippen molar-refractivity contribution in [2.45, 2.75) is 32.2 Å². The zero-order valence-electron chi connectivity index (χ0n) is 10.3. The third-order valence-electron chi connectivity index (χ3n) is 3.80. The quantitative estimate of drug-likeness (QED) is 0.873. The first kappa shape index (κ1) is 12.6. The highest BCUT2D eigenvalue weighted by Gasteiger charge is 2.38. The molecular formula is C13H20N2OS. The molecule has 0 spiro atoms. The van der Waals surface area contributed by atoms with Gasteiger partial charge in [-0.3, -0.25) is 4.79 Å². The monoisotopic (exact) mass is 252 g/mol. The number of hydrogen-bond donors (Lipinski definition) is 1. The maximum absolute atomic E-state index is 12.1. The first-order valence-corrected chi connectivity index (χ1v) is 7.05. The summed E-state index contributed by atoms with van der Waals surface area (Å²) in [6.45, 7) is 1.36. The molecule has 1 aromatic heterocycles. The van der Waals surface area contributed by atoms with Crippen molar-refractivity contribution in [3.63, 3.8) is 0 Å². The lowest BCUT2D eigenvalue weighted by molar-refractivity contribution is -0.134. The van der Waals surface area contributed by atoms with E-state index in [2.05, 4.69) is 11.4 Å². The Hall–Kier alpha value is -0.870. The van der Waals surface area contributed by atoms with Crippen LogP contribution in [0.15, 0.2) is 16.8 Å². The molecule has 3 nitrogen and oxygen atoms in total. The molecule has 0 aliphatic heterocycles. The molecule has 0 bridgehead atoms. The molecule has 1 saturated carbocycles. The van der Waals surface area contributed by atoms with E-state index in [4.69, 9.17) is 5.73 Å². The molecule has 0 radical (unpaired) electrons. The summed E-state index contributed by atoms with van der Waals surface area (Å²) in [5, 5.41) is 4.13. The number of carbonyl (C=O) groups excluding carboxylic acids is 1. The van der Waals surface area contributed by atoms with Crippen LogP contribution in [0.4, 0.5) is 0 Å². The van der Waals surface area contributed by atoms with Crippen LogP contribution < -0.4 is 5.73 Å². The molecule has 1 aliphatic rings. The number of rotatable bonds is 5. The SMILES string of the molecule is CN(Cc1ccsc1)C(=O)CC1(CN)CCC1. The van der Waals surface area contributed by atoms with Gasteiger partial charge >= 0.3 is 0 Å². The van der Waals surface area contributed by atoms with Crippen molar-refractivity contribution in [2.75, 3.05) is 13.6 Å². The molecule has 1 aliphatic carbocycles. The van der Waals surface area contributed by atoms with Gasteiger partial charge in [0.05, 0.1) is 0 Å². The number of amides is 1. The van der Waals surface area contributed by atoms with Crippen molar-refractivity contribution in [3.8, 4) is 0 Å². The van der Waals surface area contributed by atoms with Crippen molar-refractivity contribution in [1.29, 1.82) is 0 Å². The molecule has 1 heterocycles. The van der Waals surface area contributed by atoms with E-state index in [9.17, 15) is 4.79 Å². The van der Waals surface area contributed by atoms with E-state index < -0.39 is 0 Å². The topological polar surface area (TPSA) is 46.3 Å². The molecule has 0 aromatic carbocycles. The smallest absolute Gasteiger partial charge is 0.223 e. The van der Waals surface area contributed by atoms with Gasteiger partial charge in [0.15, 0.2) is 0 Å². The van der Waals surface area contributed by atoms with Crippen molar-refractivity contribution in [3.05, 3.63) is 22.4 Å². The summed E-state index contributed by atoms with van der Waals surface area (Å²) in [5.41, 5.74) is 7.10. The molecule has 2 rings (SSSR count). The van der Waals surface area contributed by atoms with Gasteiger partial charge in [-0.1, -0.05) is 6.42 Å². The molecule has 0 unspecified atom stereocenters. The van der Waals surface area contributed by atoms with Crippen LogP contribution in [-0.2, 0) is 11.3 Å². The summed E-state index contributed by atoms with van der Waals surface area (Å²) in [4.78, 5) is 13.9. The van der Waals surface area contributed by atoms with Gasteiger partial charge in [-0.25, -0.2) is 0 Å². The van der Waals surface area contributed by atoms with Crippen LogP contribution in [0.25, 0.3) is 0 Å². The van der Waals surface area contributed by atoms with E-state index in [1.165, 1.54) is 12.0 Å². The van der Waals surface area contributed by atoms with Gasteiger partial charge in [0, 0.05) is 20.0 Å². The van der Waals surface area contributed by atoms with Crippen molar-refractivity contribution < 1.29 is 4.79 Å². The molecule has 0 atom stereocenters. The van der Waals surface area contributed by atoms with Gasteiger partial charge in [-0.15, -0.1) is 0 Å². The van der Waals surface area contributed by atoms with Crippen LogP contribution in [0.1, 0.15) is 31.2 Å². The Bertz CT molecular complexity index is 365. The van der Waals surface area contributed by atoms with E-state index in [0.29, 0.717) is 19.5 Å². The number of hydrogen-bond acceptors (Lipinski definition) is 3. The summed E-state index contributed by atoms with van der Waals surface area (Å²) in [7, 11) is 1.88. The molecule has 94 valence electrons. The van der Waals surface area contributed by atoms with Gasteiger partial charge < -0.3 is 10.6 Å². The van der Waals surface area contributed by atoms with Crippen molar-refractivity contribution in [1.82, 2.24) is 4.90 Å². The number of thiophene rings is 1. The number of carbonyl (C=O) groups is 1. The van der Waals surface area contributed by atoms with Crippen LogP contribution in [0.2, 0.25) is 0 Å². The molecule has 4 heteroatoms. The first-order chi connectivity index (χ1) is 8.15. The molecule has 1 fully saturated rings. The van der Waals surface area contributed by atoms with Gasteiger partial charge in [-0.2, -0.15) is 11.3 Å². The molecule has 0 saturated heterocycles. The van der Waals surface area contributed by atoms with Crippen molar-refractivity contribution in [2.24, 2.45) is 11.1 Å². The lowest BCUT2D eigenvalue weighted by atomic mass is 9.66. The highest BCUT2D eigenvalue weighted by atomic mass is 32.1. The Morgan fingerprint density at radius 2 is 2.35 bits per heavy atom. The van der Waals surface area contributed by atoms with E-state index in [-0.39, 0.29) is 11.3 Å². The second-order valence-corrected chi connectivity index (χ2v) is 5.90. The third-order valence-corrected chi connectivity index (χ3v) is 4.53. The Morgan fingerprint density at radius 1 is 1.59 bits per heavy atom. The average molecular weight is 252 g/mol. The summed E-state index contributed by atoms with van der Waals surface area (Å²) in [6.07, 6.45) is 4.06. The van der Waals surface area contributed by atoms with E-state index in [0.717, 1.165) is 12.8 Å². The Kier molecular flexibility index (Phi) is 3.84. The fourth-order valence-electron chi connectivity index (χ4n) is 2.33. The summed E-state index contributed by atoms with van der Waals surface area (Å²) >= 11 is 1.67. The Balaban J connectivity index is 1.87. The molecule has 1 amide bonds. The number of nitrogens with two attached hydrogens (primary N) is 1. The summed E-state index contributed by atoms with van der Waals surface area (Å²) < 4.78 is 0. The normalized spacial score (nSPS) is 17.5. The predicted molar refractivity (Wildman–Crippen MR) is 70.7 cm³/mol. The average Bonchev–Trinajstić information content (AvgIpc) is 2.75. The second-order valence-electron chi connectivity index (χ2n) is 5.12. The third kappa shape index (κ3) is 2.87. The predicted octanol–water partition coefficient (Wildman–Crippen LogP) is 2.23. The maximum Gasteiger partial charge on any atom is 0.223 e. The standard InChI is InChI=1S/C13H20N2OS/c1-15(8-11-3-6-17-9-11)12(16)7-13(10-14)4-2-5-13/h3,6,9H,2,4-5,7-8,10,14H2,1H3. The van der Waals surface area contributed by atoms with Gasteiger partial charge in [0.25, 0.3) is 0 Å². The Morgan fingerprint density at radius 3 is 2.82 bits per heavy atom. The maximum atomic E-state index is 12.1. The fourth-order valence-corrected chi connectivity index (χ4v) is 2.99. The fraction of sp³-hybridized carbons (Fsp3) is 0.615. The minimum absolute atomic E-state index is 0.111. The second kappa shape index (κ2) is 5.19. The minimum Gasteiger partial charge on any atom is -0.341 e. The van der Waals surface area contributed by atoms with Gasteiger partial charge in [-0.05, 0) is 47.2 Å². The van der Waals surface area contributed by atoms with Gasteiger partial charge in [0.1, 0.15) is 0 Å². The van der Waals surface area contributed by atoms with E-state index in [1.54, 1.807) is 11.3 Å². The van der Waals surface area contributed by atoms with Crippen LogP contribution in [0.5, 0.6) is 0 Å². The van der Waals surface area contributed by atoms with Crippen molar-refractivity contribution >= 4 is 17.2 Å². The molecule has 2 N–H and O–H groups in total. The first-order valence-electron chi connectivity index (χ1n) is 6.10. The lowest BCUT2D eigenvalue weighted by Crippen LogP contribution is -2.42. The number of nitrogens with zero attached hydrogens (tertiary/aromatic N) is 1. The highest BCUT2D eigenvalue weighted by molar-refractivity contribution is 7.07. The van der Waals surface area contributed by atoms with Gasteiger partial charge in [0.2, 0.25) is 5.91 Å². The largest absolute Gasteiger partial charge is 0.341 e. The molecule has 1 aromatic rings. The zero-order chi connectivity index (χ0) is 12.3. The summed E-state index contributed by atoms with van der Waals surface area (Å²) in [6, 6.07) is 2.07. The van der Waals surface area contributed by atoms with Crippen LogP contribution in [-0.4, -0.2) is 24.4 Å². The lowest BCUT2D eigenvalue weighted by Gasteiger charge is -2.41. The van der Waals surface area contributed by atoms with Crippen LogP contribution in [0.3, 0.4) is 0 Å². The summed E-state index contributed by atoms with van der Waals surface area (Å²) in [5.74, 6) is 0.223. The Labute approximate surface area is 107 Å². The van der Waals surface area contributed by atoms with E-state index in [1.807, 2.05) is 17.3 Å². The highest BCUT2D eigenvalue weighted by Crippen LogP contribution is 2.43. The van der Waals surface area contributed by atoms with Crippen LogP contribution >= 0.6 is 11.3 Å².